The summed E-state index contributed by atoms with van der Waals surface area (Å²) in [7, 11) is 0. The summed E-state index contributed by atoms with van der Waals surface area (Å²) in [5.41, 5.74) is 0.520. The zero-order chi connectivity index (χ0) is 15.2. The maximum Gasteiger partial charge on any atom is 0.200 e. The van der Waals surface area contributed by atoms with Gasteiger partial charge in [-0.1, -0.05) is 11.6 Å². The van der Waals surface area contributed by atoms with Crippen LogP contribution < -0.4 is 9.47 Å². The standard InChI is InChI=1S/C16H14ClFO3/c1-2-20-12-5-3-11(4-6-12)16(19)10-21-13-7-8-15(18)14(17)9-13/h3-9H,2,10H2,1H3. The van der Waals surface area contributed by atoms with Gasteiger partial charge in [-0.05, 0) is 43.3 Å². The molecule has 2 aromatic carbocycles. The average Bonchev–Trinajstić information content (AvgIpc) is 2.49. The van der Waals surface area contributed by atoms with Crippen LogP contribution in [0.4, 0.5) is 4.39 Å². The van der Waals surface area contributed by atoms with Gasteiger partial charge in [0.05, 0.1) is 11.6 Å². The van der Waals surface area contributed by atoms with Gasteiger partial charge in [0.25, 0.3) is 0 Å². The Morgan fingerprint density at radius 1 is 1.10 bits per heavy atom. The lowest BCUT2D eigenvalue weighted by molar-refractivity contribution is 0.0921. The van der Waals surface area contributed by atoms with E-state index in [0.717, 1.165) is 0 Å². The second kappa shape index (κ2) is 7.09. The lowest BCUT2D eigenvalue weighted by Gasteiger charge is -2.07. The first-order valence-electron chi connectivity index (χ1n) is 6.44. The summed E-state index contributed by atoms with van der Waals surface area (Å²) in [5, 5.41) is -0.0407. The normalized spacial score (nSPS) is 10.2. The van der Waals surface area contributed by atoms with E-state index < -0.39 is 5.82 Å². The van der Waals surface area contributed by atoms with Gasteiger partial charge in [0.2, 0.25) is 0 Å². The third-order valence-electron chi connectivity index (χ3n) is 2.75. The molecule has 0 atom stereocenters. The number of rotatable bonds is 6. The van der Waals surface area contributed by atoms with Crippen molar-refractivity contribution in [1.82, 2.24) is 0 Å². The Labute approximate surface area is 127 Å². The van der Waals surface area contributed by atoms with E-state index in [1.165, 1.54) is 18.2 Å². The monoisotopic (exact) mass is 308 g/mol. The van der Waals surface area contributed by atoms with Gasteiger partial charge < -0.3 is 9.47 Å². The average molecular weight is 309 g/mol. The highest BCUT2D eigenvalue weighted by molar-refractivity contribution is 6.30. The van der Waals surface area contributed by atoms with Crippen molar-refractivity contribution in [3.63, 3.8) is 0 Å². The van der Waals surface area contributed by atoms with Gasteiger partial charge in [0.15, 0.2) is 12.4 Å². The number of ketones is 1. The van der Waals surface area contributed by atoms with Gasteiger partial charge in [-0.3, -0.25) is 4.79 Å². The molecule has 110 valence electrons. The number of Topliss-reactive ketones (excluding diaryl/α,β-unsaturated/α-hetero) is 1. The number of benzene rings is 2. The van der Waals surface area contributed by atoms with Crippen LogP contribution in [0.1, 0.15) is 17.3 Å². The fraction of sp³-hybridized carbons (Fsp3) is 0.188. The van der Waals surface area contributed by atoms with Crippen LogP contribution in [0.2, 0.25) is 5.02 Å². The van der Waals surface area contributed by atoms with E-state index in [4.69, 9.17) is 21.1 Å². The zero-order valence-corrected chi connectivity index (χ0v) is 12.2. The third kappa shape index (κ3) is 4.20. The lowest BCUT2D eigenvalue weighted by Crippen LogP contribution is -2.11. The molecular formula is C16H14ClFO3. The molecule has 0 fully saturated rings. The van der Waals surface area contributed by atoms with Crippen molar-refractivity contribution in [3.8, 4) is 11.5 Å². The summed E-state index contributed by atoms with van der Waals surface area (Å²) in [6.45, 7) is 2.32. The van der Waals surface area contributed by atoms with Crippen molar-refractivity contribution in [2.75, 3.05) is 13.2 Å². The van der Waals surface area contributed by atoms with Crippen molar-refractivity contribution in [3.05, 3.63) is 58.9 Å². The second-order valence-electron chi connectivity index (χ2n) is 4.25. The Morgan fingerprint density at radius 2 is 1.76 bits per heavy atom. The van der Waals surface area contributed by atoms with E-state index in [9.17, 15) is 9.18 Å². The number of ether oxygens (including phenoxy) is 2. The molecule has 0 aromatic heterocycles. The van der Waals surface area contributed by atoms with Crippen molar-refractivity contribution in [2.45, 2.75) is 6.92 Å². The van der Waals surface area contributed by atoms with E-state index in [1.54, 1.807) is 24.3 Å². The van der Waals surface area contributed by atoms with Gasteiger partial charge in [0.1, 0.15) is 17.3 Å². The van der Waals surface area contributed by atoms with Crippen LogP contribution in [-0.4, -0.2) is 19.0 Å². The Balaban J connectivity index is 1.96. The molecule has 0 saturated heterocycles. The fourth-order valence-electron chi connectivity index (χ4n) is 1.70. The SMILES string of the molecule is CCOc1ccc(C(=O)COc2ccc(F)c(Cl)c2)cc1. The molecule has 21 heavy (non-hydrogen) atoms. The van der Waals surface area contributed by atoms with Gasteiger partial charge >= 0.3 is 0 Å². The molecule has 0 saturated carbocycles. The summed E-state index contributed by atoms with van der Waals surface area (Å²) in [4.78, 5) is 12.0. The Hall–Kier alpha value is -2.07. The van der Waals surface area contributed by atoms with E-state index in [2.05, 4.69) is 0 Å². The minimum Gasteiger partial charge on any atom is -0.494 e. The van der Waals surface area contributed by atoms with Gasteiger partial charge in [-0.2, -0.15) is 0 Å². The van der Waals surface area contributed by atoms with Crippen molar-refractivity contribution >= 4 is 17.4 Å². The van der Waals surface area contributed by atoms with Crippen LogP contribution in [0.25, 0.3) is 0 Å². The Bertz CT molecular complexity index is 626. The predicted molar refractivity (Wildman–Crippen MR) is 78.8 cm³/mol. The Kier molecular flexibility index (Phi) is 5.17. The van der Waals surface area contributed by atoms with E-state index in [-0.39, 0.29) is 17.4 Å². The van der Waals surface area contributed by atoms with Gasteiger partial charge in [-0.25, -0.2) is 4.39 Å². The van der Waals surface area contributed by atoms with Crippen LogP contribution in [-0.2, 0) is 0 Å². The third-order valence-corrected chi connectivity index (χ3v) is 3.04. The highest BCUT2D eigenvalue weighted by Crippen LogP contribution is 2.21. The van der Waals surface area contributed by atoms with Crippen LogP contribution in [0.3, 0.4) is 0 Å². The number of hydrogen-bond acceptors (Lipinski definition) is 3. The maximum absolute atomic E-state index is 13.0. The molecule has 2 aromatic rings. The highest BCUT2D eigenvalue weighted by Gasteiger charge is 2.08. The summed E-state index contributed by atoms with van der Waals surface area (Å²) in [6.07, 6.45) is 0. The zero-order valence-electron chi connectivity index (χ0n) is 11.4. The first-order valence-corrected chi connectivity index (χ1v) is 6.82. The summed E-state index contributed by atoms with van der Waals surface area (Å²) >= 11 is 5.64. The summed E-state index contributed by atoms with van der Waals surface area (Å²) in [5.74, 6) is 0.348. The summed E-state index contributed by atoms with van der Waals surface area (Å²) < 4.78 is 23.6. The number of hydrogen-bond donors (Lipinski definition) is 0. The van der Waals surface area contributed by atoms with Crippen LogP contribution in [0, 0.1) is 5.82 Å². The molecular weight excluding hydrogens is 295 g/mol. The summed E-state index contributed by atoms with van der Waals surface area (Å²) in [6, 6.07) is 10.8. The molecule has 0 unspecified atom stereocenters. The molecule has 0 radical (unpaired) electrons. The predicted octanol–water partition coefficient (Wildman–Crippen LogP) is 4.14. The van der Waals surface area contributed by atoms with Crippen LogP contribution in [0.15, 0.2) is 42.5 Å². The van der Waals surface area contributed by atoms with Crippen LogP contribution >= 0.6 is 11.6 Å². The van der Waals surface area contributed by atoms with Crippen molar-refractivity contribution < 1.29 is 18.7 Å². The molecule has 5 heteroatoms. The first-order chi connectivity index (χ1) is 10.1. The molecule has 3 nitrogen and oxygen atoms in total. The Morgan fingerprint density at radius 3 is 2.38 bits per heavy atom. The molecule has 0 heterocycles. The van der Waals surface area contributed by atoms with E-state index in [1.807, 2.05) is 6.92 Å². The molecule has 0 bridgehead atoms. The topological polar surface area (TPSA) is 35.5 Å². The smallest absolute Gasteiger partial charge is 0.200 e. The van der Waals surface area contributed by atoms with Crippen molar-refractivity contribution in [1.29, 1.82) is 0 Å². The number of halogens is 2. The quantitative estimate of drug-likeness (QED) is 0.752. The fourth-order valence-corrected chi connectivity index (χ4v) is 1.87. The second-order valence-corrected chi connectivity index (χ2v) is 4.65. The first kappa shape index (κ1) is 15.3. The molecule has 0 spiro atoms. The van der Waals surface area contributed by atoms with Crippen molar-refractivity contribution in [2.24, 2.45) is 0 Å². The molecule has 2 rings (SSSR count). The van der Waals surface area contributed by atoms with Gasteiger partial charge in [0, 0.05) is 11.6 Å². The maximum atomic E-state index is 13.0. The van der Waals surface area contributed by atoms with E-state index >= 15 is 0 Å². The largest absolute Gasteiger partial charge is 0.494 e. The molecule has 0 aliphatic heterocycles. The van der Waals surface area contributed by atoms with Gasteiger partial charge in [-0.15, -0.1) is 0 Å². The highest BCUT2D eigenvalue weighted by atomic mass is 35.5. The minimum absolute atomic E-state index is 0.0407. The molecule has 0 aliphatic rings. The molecule has 0 amide bonds. The van der Waals surface area contributed by atoms with E-state index in [0.29, 0.717) is 23.7 Å². The minimum atomic E-state index is -0.526. The lowest BCUT2D eigenvalue weighted by atomic mass is 10.1. The number of carbonyl (C=O) groups is 1. The molecule has 0 N–H and O–H groups in total. The molecule has 0 aliphatic carbocycles. The number of carbonyl (C=O) groups excluding carboxylic acids is 1. The van der Waals surface area contributed by atoms with Crippen LogP contribution in [0.5, 0.6) is 11.5 Å².